The van der Waals surface area contributed by atoms with Crippen LogP contribution in [-0.2, 0) is 4.79 Å². The summed E-state index contributed by atoms with van der Waals surface area (Å²) in [5, 5.41) is 9.08. The molecule has 1 aromatic rings. The maximum absolute atomic E-state index is 11.2. The molecular formula is C14H17NO3. The molecule has 1 aromatic carbocycles. The van der Waals surface area contributed by atoms with Crippen molar-refractivity contribution >= 4 is 11.8 Å². The molecule has 1 aliphatic carbocycles. The van der Waals surface area contributed by atoms with Crippen molar-refractivity contribution in [1.29, 1.82) is 0 Å². The number of hydrogen-bond donors (Lipinski definition) is 2. The molecule has 0 amide bonds. The van der Waals surface area contributed by atoms with Crippen molar-refractivity contribution < 1.29 is 14.7 Å². The molecule has 0 radical (unpaired) electrons. The number of carbonyl (C=O) groups is 2. The summed E-state index contributed by atoms with van der Waals surface area (Å²) in [6, 6.07) is 7.37. The highest BCUT2D eigenvalue weighted by atomic mass is 16.4. The number of Topliss-reactive ketones (excluding diaryl/α,β-unsaturated/α-hetero) is 1. The molecule has 1 aliphatic rings. The summed E-state index contributed by atoms with van der Waals surface area (Å²) in [6.45, 7) is 1.53. The number of benzene rings is 1. The fourth-order valence-electron chi connectivity index (χ4n) is 2.54. The minimum atomic E-state index is -1.09. The average molecular weight is 247 g/mol. The SMILES string of the molecule is CC(=O)c1ccc(C2CCC(N)(C(=O)O)C2)cc1. The minimum Gasteiger partial charge on any atom is -0.480 e. The zero-order chi connectivity index (χ0) is 13.3. The molecule has 96 valence electrons. The molecule has 0 bridgehead atoms. The molecule has 0 saturated heterocycles. The maximum atomic E-state index is 11.2. The van der Waals surface area contributed by atoms with E-state index in [1.807, 2.05) is 12.1 Å². The van der Waals surface area contributed by atoms with Gasteiger partial charge in [0.2, 0.25) is 0 Å². The molecule has 4 heteroatoms. The Morgan fingerprint density at radius 3 is 2.39 bits per heavy atom. The van der Waals surface area contributed by atoms with E-state index in [1.165, 1.54) is 6.92 Å². The number of nitrogens with two attached hydrogens (primary N) is 1. The monoisotopic (exact) mass is 247 g/mol. The standard InChI is InChI=1S/C14H17NO3/c1-9(16)10-2-4-11(5-3-10)12-6-7-14(15,8-12)13(17)18/h2-5,12H,6-8,15H2,1H3,(H,17,18). The second-order valence-corrected chi connectivity index (χ2v) is 5.08. The molecule has 0 spiro atoms. The molecule has 18 heavy (non-hydrogen) atoms. The minimum absolute atomic E-state index is 0.0340. The first-order valence-electron chi connectivity index (χ1n) is 6.05. The van der Waals surface area contributed by atoms with Crippen LogP contribution < -0.4 is 5.73 Å². The van der Waals surface area contributed by atoms with Gasteiger partial charge in [0.25, 0.3) is 0 Å². The quantitative estimate of drug-likeness (QED) is 0.800. The second kappa shape index (κ2) is 4.53. The van der Waals surface area contributed by atoms with E-state index in [9.17, 15) is 9.59 Å². The van der Waals surface area contributed by atoms with Crippen molar-refractivity contribution in [2.45, 2.75) is 37.6 Å². The van der Waals surface area contributed by atoms with Crippen LogP contribution in [0.15, 0.2) is 24.3 Å². The maximum Gasteiger partial charge on any atom is 0.323 e. The molecule has 4 nitrogen and oxygen atoms in total. The van der Waals surface area contributed by atoms with Gasteiger partial charge in [-0.1, -0.05) is 24.3 Å². The van der Waals surface area contributed by atoms with Crippen molar-refractivity contribution in [1.82, 2.24) is 0 Å². The number of rotatable bonds is 3. The van der Waals surface area contributed by atoms with E-state index in [-0.39, 0.29) is 11.7 Å². The van der Waals surface area contributed by atoms with Gasteiger partial charge in [-0.15, -0.1) is 0 Å². The van der Waals surface area contributed by atoms with Gasteiger partial charge >= 0.3 is 5.97 Å². The summed E-state index contributed by atoms with van der Waals surface area (Å²) < 4.78 is 0. The third kappa shape index (κ3) is 2.29. The lowest BCUT2D eigenvalue weighted by molar-refractivity contribution is -0.143. The van der Waals surface area contributed by atoms with Crippen LogP contribution in [-0.4, -0.2) is 22.4 Å². The molecular weight excluding hydrogens is 230 g/mol. The molecule has 1 fully saturated rings. The highest BCUT2D eigenvalue weighted by Gasteiger charge is 2.42. The smallest absolute Gasteiger partial charge is 0.323 e. The van der Waals surface area contributed by atoms with Crippen molar-refractivity contribution in [2.75, 3.05) is 0 Å². The highest BCUT2D eigenvalue weighted by molar-refractivity contribution is 5.94. The van der Waals surface area contributed by atoms with Crippen LogP contribution in [0.1, 0.15) is 48.0 Å². The van der Waals surface area contributed by atoms with Crippen molar-refractivity contribution in [3.05, 3.63) is 35.4 Å². The summed E-state index contributed by atoms with van der Waals surface area (Å²) in [4.78, 5) is 22.2. The van der Waals surface area contributed by atoms with Crippen LogP contribution in [0.5, 0.6) is 0 Å². The Kier molecular flexibility index (Phi) is 3.22. The third-order valence-corrected chi connectivity index (χ3v) is 3.76. The summed E-state index contributed by atoms with van der Waals surface area (Å²) in [7, 11) is 0. The molecule has 1 saturated carbocycles. The van der Waals surface area contributed by atoms with Gasteiger partial charge in [0.05, 0.1) is 0 Å². The molecule has 2 atom stereocenters. The Balaban J connectivity index is 2.15. The van der Waals surface area contributed by atoms with Gasteiger partial charge in [-0.25, -0.2) is 0 Å². The Bertz CT molecular complexity index is 480. The predicted octanol–water partition coefficient (Wildman–Crippen LogP) is 1.94. The summed E-state index contributed by atoms with van der Waals surface area (Å²) in [5.74, 6) is -0.718. The van der Waals surface area contributed by atoms with E-state index in [0.717, 1.165) is 12.0 Å². The molecule has 2 unspecified atom stereocenters. The summed E-state index contributed by atoms with van der Waals surface area (Å²) in [5.41, 5.74) is 6.50. The number of ketones is 1. The molecule has 2 rings (SSSR count). The second-order valence-electron chi connectivity index (χ2n) is 5.08. The molecule has 0 aliphatic heterocycles. The summed E-state index contributed by atoms with van der Waals surface area (Å²) >= 11 is 0. The zero-order valence-corrected chi connectivity index (χ0v) is 10.3. The fraction of sp³-hybridized carbons (Fsp3) is 0.429. The van der Waals surface area contributed by atoms with E-state index in [2.05, 4.69) is 0 Å². The zero-order valence-electron chi connectivity index (χ0n) is 10.3. The van der Waals surface area contributed by atoms with Gasteiger partial charge < -0.3 is 10.8 Å². The normalized spacial score (nSPS) is 27.1. The average Bonchev–Trinajstić information content (AvgIpc) is 2.73. The van der Waals surface area contributed by atoms with Gasteiger partial charge in [0.1, 0.15) is 5.54 Å². The fourth-order valence-corrected chi connectivity index (χ4v) is 2.54. The lowest BCUT2D eigenvalue weighted by atomic mass is 9.92. The Morgan fingerprint density at radius 2 is 1.94 bits per heavy atom. The van der Waals surface area contributed by atoms with E-state index in [1.54, 1.807) is 12.1 Å². The van der Waals surface area contributed by atoms with E-state index in [4.69, 9.17) is 10.8 Å². The van der Waals surface area contributed by atoms with Crippen LogP contribution in [0.2, 0.25) is 0 Å². The first-order chi connectivity index (χ1) is 8.42. The van der Waals surface area contributed by atoms with Crippen molar-refractivity contribution in [3.63, 3.8) is 0 Å². The molecule has 0 heterocycles. The van der Waals surface area contributed by atoms with Gasteiger partial charge in [-0.3, -0.25) is 9.59 Å². The van der Waals surface area contributed by atoms with Gasteiger partial charge in [0.15, 0.2) is 5.78 Å². The lowest BCUT2D eigenvalue weighted by Gasteiger charge is -2.18. The van der Waals surface area contributed by atoms with Gasteiger partial charge in [-0.2, -0.15) is 0 Å². The first-order valence-corrected chi connectivity index (χ1v) is 6.05. The van der Waals surface area contributed by atoms with Crippen LogP contribution in [0.3, 0.4) is 0 Å². The highest BCUT2D eigenvalue weighted by Crippen LogP contribution is 2.39. The first kappa shape index (κ1) is 12.8. The summed E-state index contributed by atoms with van der Waals surface area (Å²) in [6.07, 6.45) is 1.74. The molecule has 3 N–H and O–H groups in total. The number of carboxylic acids is 1. The Labute approximate surface area is 106 Å². The van der Waals surface area contributed by atoms with E-state index in [0.29, 0.717) is 18.4 Å². The van der Waals surface area contributed by atoms with Crippen LogP contribution in [0.4, 0.5) is 0 Å². The third-order valence-electron chi connectivity index (χ3n) is 3.76. The van der Waals surface area contributed by atoms with Gasteiger partial charge in [0, 0.05) is 5.56 Å². The number of carboxylic acid groups (broad SMARTS) is 1. The van der Waals surface area contributed by atoms with E-state index < -0.39 is 11.5 Å². The van der Waals surface area contributed by atoms with Crippen molar-refractivity contribution in [2.24, 2.45) is 5.73 Å². The molecule has 0 aromatic heterocycles. The largest absolute Gasteiger partial charge is 0.480 e. The van der Waals surface area contributed by atoms with Crippen LogP contribution >= 0.6 is 0 Å². The Morgan fingerprint density at radius 1 is 1.33 bits per heavy atom. The number of aliphatic carboxylic acids is 1. The van der Waals surface area contributed by atoms with Crippen LogP contribution in [0, 0.1) is 0 Å². The van der Waals surface area contributed by atoms with Crippen LogP contribution in [0.25, 0.3) is 0 Å². The predicted molar refractivity (Wildman–Crippen MR) is 67.6 cm³/mol. The lowest BCUT2D eigenvalue weighted by Crippen LogP contribution is -2.45. The van der Waals surface area contributed by atoms with Crippen molar-refractivity contribution in [3.8, 4) is 0 Å². The Hall–Kier alpha value is -1.68. The topological polar surface area (TPSA) is 80.4 Å². The van der Waals surface area contributed by atoms with E-state index >= 15 is 0 Å². The number of hydrogen-bond acceptors (Lipinski definition) is 3. The number of carbonyl (C=O) groups excluding carboxylic acids is 1. The van der Waals surface area contributed by atoms with Gasteiger partial charge in [-0.05, 0) is 37.7 Å².